The third-order valence-corrected chi connectivity index (χ3v) is 3.71. The van der Waals surface area contributed by atoms with Crippen molar-refractivity contribution >= 4 is 11.9 Å². The van der Waals surface area contributed by atoms with Gasteiger partial charge in [-0.2, -0.15) is 0 Å². The second-order valence-corrected chi connectivity index (χ2v) is 5.36. The summed E-state index contributed by atoms with van der Waals surface area (Å²) < 4.78 is 5.33. The van der Waals surface area contributed by atoms with Gasteiger partial charge in [0.25, 0.3) is 0 Å². The van der Waals surface area contributed by atoms with E-state index in [9.17, 15) is 4.79 Å². The molecule has 0 aliphatic carbocycles. The fourth-order valence-corrected chi connectivity index (χ4v) is 2.48. The molecule has 0 spiro atoms. The number of aryl methyl sites for hydroxylation is 1. The fraction of sp³-hybridized carbons (Fsp3) is 0.400. The number of aromatic carboxylic acids is 1. The number of carboxylic acids is 1. The molecule has 1 aliphatic heterocycles. The molecule has 0 atom stereocenters. The van der Waals surface area contributed by atoms with Crippen LogP contribution in [0.25, 0.3) is 11.3 Å². The van der Waals surface area contributed by atoms with Crippen molar-refractivity contribution in [1.82, 2.24) is 15.0 Å². The summed E-state index contributed by atoms with van der Waals surface area (Å²) in [6, 6.07) is 1.89. The molecule has 3 N–H and O–H groups in total. The summed E-state index contributed by atoms with van der Waals surface area (Å²) in [5.74, 6) is -0.427. The van der Waals surface area contributed by atoms with Crippen LogP contribution in [0, 0.1) is 6.92 Å². The average Bonchev–Trinajstić information content (AvgIpc) is 3.00. The van der Waals surface area contributed by atoms with E-state index in [2.05, 4.69) is 20.3 Å². The Labute approximate surface area is 127 Å². The van der Waals surface area contributed by atoms with Crippen molar-refractivity contribution in [3.05, 3.63) is 29.7 Å². The van der Waals surface area contributed by atoms with E-state index >= 15 is 0 Å². The largest absolute Gasteiger partial charge is 0.477 e. The maximum Gasteiger partial charge on any atom is 0.352 e. The van der Waals surface area contributed by atoms with Gasteiger partial charge in [0, 0.05) is 37.2 Å². The first kappa shape index (κ1) is 14.5. The van der Waals surface area contributed by atoms with Gasteiger partial charge in [0.1, 0.15) is 5.69 Å². The molecule has 0 bridgehead atoms. The quantitative estimate of drug-likeness (QED) is 0.799. The van der Waals surface area contributed by atoms with Crippen molar-refractivity contribution in [1.29, 1.82) is 0 Å². The average molecular weight is 302 g/mol. The zero-order valence-electron chi connectivity index (χ0n) is 12.3. The van der Waals surface area contributed by atoms with E-state index in [0.29, 0.717) is 12.0 Å². The van der Waals surface area contributed by atoms with Gasteiger partial charge in [-0.1, -0.05) is 0 Å². The predicted molar refractivity (Wildman–Crippen MR) is 81.0 cm³/mol. The first-order chi connectivity index (χ1) is 10.6. The zero-order valence-corrected chi connectivity index (χ0v) is 12.3. The molecule has 0 radical (unpaired) electrons. The van der Waals surface area contributed by atoms with Gasteiger partial charge < -0.3 is 20.1 Å². The Balaban J connectivity index is 1.83. The SMILES string of the molecule is Cc1cnc(NC2CCOCC2)nc1-c1c[nH]c(C(=O)O)c1. The minimum atomic E-state index is -0.987. The summed E-state index contributed by atoms with van der Waals surface area (Å²) in [6.45, 7) is 3.40. The summed E-state index contributed by atoms with van der Waals surface area (Å²) in [6.07, 6.45) is 5.26. The molecule has 3 rings (SSSR count). The van der Waals surface area contributed by atoms with E-state index < -0.39 is 5.97 Å². The van der Waals surface area contributed by atoms with Crippen LogP contribution in [0.15, 0.2) is 18.5 Å². The number of nitrogens with zero attached hydrogens (tertiary/aromatic N) is 2. The van der Waals surface area contributed by atoms with Crippen molar-refractivity contribution in [3.8, 4) is 11.3 Å². The highest BCUT2D eigenvalue weighted by atomic mass is 16.5. The number of H-pyrrole nitrogens is 1. The number of nitrogens with one attached hydrogen (secondary N) is 2. The van der Waals surface area contributed by atoms with Crippen LogP contribution in [0.5, 0.6) is 0 Å². The van der Waals surface area contributed by atoms with Gasteiger partial charge in [0.05, 0.1) is 5.69 Å². The smallest absolute Gasteiger partial charge is 0.352 e. The lowest BCUT2D eigenvalue weighted by atomic mass is 10.1. The van der Waals surface area contributed by atoms with Crippen LogP contribution < -0.4 is 5.32 Å². The highest BCUT2D eigenvalue weighted by Crippen LogP contribution is 2.23. The second-order valence-electron chi connectivity index (χ2n) is 5.36. The lowest BCUT2D eigenvalue weighted by molar-refractivity contribution is 0.0691. The monoisotopic (exact) mass is 302 g/mol. The second kappa shape index (κ2) is 6.15. The molecule has 7 heteroatoms. The molecule has 0 unspecified atom stereocenters. The Morgan fingerprint density at radius 2 is 2.23 bits per heavy atom. The molecule has 0 aromatic carbocycles. The van der Waals surface area contributed by atoms with E-state index in [1.165, 1.54) is 0 Å². The molecule has 22 heavy (non-hydrogen) atoms. The molecule has 1 fully saturated rings. The summed E-state index contributed by atoms with van der Waals surface area (Å²) in [5, 5.41) is 12.3. The molecule has 3 heterocycles. The van der Waals surface area contributed by atoms with Crippen molar-refractivity contribution in [2.45, 2.75) is 25.8 Å². The van der Waals surface area contributed by atoms with Gasteiger partial charge >= 0.3 is 5.97 Å². The lowest BCUT2D eigenvalue weighted by Crippen LogP contribution is -2.28. The van der Waals surface area contributed by atoms with Crippen LogP contribution in [-0.2, 0) is 4.74 Å². The molecule has 1 saturated heterocycles. The van der Waals surface area contributed by atoms with E-state index in [0.717, 1.165) is 42.9 Å². The number of aromatic nitrogens is 3. The minimum absolute atomic E-state index is 0.145. The van der Waals surface area contributed by atoms with Gasteiger partial charge in [-0.15, -0.1) is 0 Å². The molecule has 2 aromatic rings. The summed E-state index contributed by atoms with van der Waals surface area (Å²) in [4.78, 5) is 22.6. The van der Waals surface area contributed by atoms with Crippen LogP contribution in [-0.4, -0.2) is 45.3 Å². The summed E-state index contributed by atoms with van der Waals surface area (Å²) in [7, 11) is 0. The Morgan fingerprint density at radius 1 is 1.45 bits per heavy atom. The minimum Gasteiger partial charge on any atom is -0.477 e. The van der Waals surface area contributed by atoms with Crippen LogP contribution in [0.4, 0.5) is 5.95 Å². The first-order valence-electron chi connectivity index (χ1n) is 7.23. The van der Waals surface area contributed by atoms with Crippen molar-refractivity contribution < 1.29 is 14.6 Å². The molecule has 7 nitrogen and oxygen atoms in total. The molecular formula is C15H18N4O3. The maximum absolute atomic E-state index is 11.0. The van der Waals surface area contributed by atoms with Crippen molar-refractivity contribution in [2.75, 3.05) is 18.5 Å². The van der Waals surface area contributed by atoms with Crippen molar-refractivity contribution in [3.63, 3.8) is 0 Å². The van der Waals surface area contributed by atoms with Crippen LogP contribution in [0.1, 0.15) is 28.9 Å². The molecule has 2 aromatic heterocycles. The number of aromatic amines is 1. The lowest BCUT2D eigenvalue weighted by Gasteiger charge is -2.23. The number of carboxylic acid groups (broad SMARTS) is 1. The molecule has 0 saturated carbocycles. The van der Waals surface area contributed by atoms with Gasteiger partial charge in [0.15, 0.2) is 0 Å². The third-order valence-electron chi connectivity index (χ3n) is 3.71. The summed E-state index contributed by atoms with van der Waals surface area (Å²) >= 11 is 0. The molecular weight excluding hydrogens is 284 g/mol. The van der Waals surface area contributed by atoms with Crippen LogP contribution in [0.3, 0.4) is 0 Å². The summed E-state index contributed by atoms with van der Waals surface area (Å²) in [5.41, 5.74) is 2.51. The Morgan fingerprint density at radius 3 is 2.91 bits per heavy atom. The van der Waals surface area contributed by atoms with Gasteiger partial charge in [-0.05, 0) is 31.4 Å². The highest BCUT2D eigenvalue weighted by Gasteiger charge is 2.16. The number of carbonyl (C=O) groups is 1. The van der Waals surface area contributed by atoms with E-state index in [-0.39, 0.29) is 5.69 Å². The Bertz CT molecular complexity index is 677. The third kappa shape index (κ3) is 3.09. The standard InChI is InChI=1S/C15H18N4O3/c1-9-7-17-15(18-11-2-4-22-5-3-11)19-13(9)10-6-12(14(20)21)16-8-10/h6-8,11,16H,2-5H2,1H3,(H,20,21)(H,17,18,19). The number of hydrogen-bond acceptors (Lipinski definition) is 5. The zero-order chi connectivity index (χ0) is 15.5. The maximum atomic E-state index is 11.0. The fourth-order valence-electron chi connectivity index (χ4n) is 2.48. The molecule has 116 valence electrons. The number of anilines is 1. The van der Waals surface area contributed by atoms with Gasteiger partial charge in [-0.3, -0.25) is 0 Å². The van der Waals surface area contributed by atoms with Crippen LogP contribution in [0.2, 0.25) is 0 Å². The van der Waals surface area contributed by atoms with E-state index in [4.69, 9.17) is 9.84 Å². The number of hydrogen-bond donors (Lipinski definition) is 3. The normalized spacial score (nSPS) is 15.7. The highest BCUT2D eigenvalue weighted by molar-refractivity contribution is 5.87. The van der Waals surface area contributed by atoms with E-state index in [1.807, 2.05) is 6.92 Å². The number of rotatable bonds is 4. The Hall–Kier alpha value is -2.41. The van der Waals surface area contributed by atoms with Crippen LogP contribution >= 0.6 is 0 Å². The molecule has 1 aliphatic rings. The van der Waals surface area contributed by atoms with E-state index in [1.54, 1.807) is 18.5 Å². The number of ether oxygens (including phenoxy) is 1. The Kier molecular flexibility index (Phi) is 4.06. The van der Waals surface area contributed by atoms with Gasteiger partial charge in [0.2, 0.25) is 5.95 Å². The molecule has 0 amide bonds. The first-order valence-corrected chi connectivity index (χ1v) is 7.23. The predicted octanol–water partition coefficient (Wildman–Crippen LogP) is 2.07. The van der Waals surface area contributed by atoms with Crippen molar-refractivity contribution in [2.24, 2.45) is 0 Å². The topological polar surface area (TPSA) is 100 Å². The van der Waals surface area contributed by atoms with Gasteiger partial charge in [-0.25, -0.2) is 14.8 Å².